The van der Waals surface area contributed by atoms with Crippen LogP contribution in [0, 0.1) is 0 Å². The van der Waals surface area contributed by atoms with Crippen molar-refractivity contribution in [2.24, 2.45) is 11.5 Å². The largest absolute Gasteiger partial charge is 0.368 e. The summed E-state index contributed by atoms with van der Waals surface area (Å²) in [5, 5.41) is 2.38. The molecule has 5 nitrogen and oxygen atoms in total. The van der Waals surface area contributed by atoms with Crippen molar-refractivity contribution in [3.8, 4) is 0 Å². The van der Waals surface area contributed by atoms with Crippen LogP contribution in [0.1, 0.15) is 84.0 Å². The maximum atomic E-state index is 11.1. The molecular weight excluding hydrogens is 266 g/mol. The van der Waals surface area contributed by atoms with E-state index in [2.05, 4.69) is 12.2 Å². The molecule has 0 aliphatic carbocycles. The average molecular weight is 299 g/mol. The van der Waals surface area contributed by atoms with Crippen LogP contribution in [-0.2, 0) is 4.79 Å². The van der Waals surface area contributed by atoms with Gasteiger partial charge in [-0.25, -0.2) is 4.79 Å². The topological polar surface area (TPSA) is 98.2 Å². The summed E-state index contributed by atoms with van der Waals surface area (Å²) >= 11 is 0. The molecule has 0 aliphatic rings. The molecule has 5 N–H and O–H groups in total. The van der Waals surface area contributed by atoms with Crippen LogP contribution < -0.4 is 16.8 Å². The monoisotopic (exact) mass is 299 g/mol. The molecule has 0 spiro atoms. The molecule has 0 rings (SSSR count). The third kappa shape index (κ3) is 13.5. The Morgan fingerprint density at radius 3 is 1.62 bits per heavy atom. The summed E-state index contributed by atoms with van der Waals surface area (Å²) in [6, 6.07) is -1.32. The lowest BCUT2D eigenvalue weighted by Crippen LogP contribution is -2.46. The molecular formula is C16H33N3O2. The molecule has 3 amide bonds. The molecule has 0 aromatic carbocycles. The smallest absolute Gasteiger partial charge is 0.312 e. The summed E-state index contributed by atoms with van der Waals surface area (Å²) in [5.74, 6) is -0.513. The van der Waals surface area contributed by atoms with Gasteiger partial charge in [-0.2, -0.15) is 0 Å². The number of nitrogens with one attached hydrogen (secondary N) is 1. The second-order valence-corrected chi connectivity index (χ2v) is 5.79. The Labute approximate surface area is 129 Å². The first-order valence-corrected chi connectivity index (χ1v) is 8.43. The Bertz CT molecular complexity index is 283. The van der Waals surface area contributed by atoms with Crippen molar-refractivity contribution in [1.82, 2.24) is 5.32 Å². The Kier molecular flexibility index (Phi) is 12.9. The predicted molar refractivity (Wildman–Crippen MR) is 86.8 cm³/mol. The van der Waals surface area contributed by atoms with Gasteiger partial charge in [0.1, 0.15) is 6.04 Å². The molecule has 21 heavy (non-hydrogen) atoms. The maximum absolute atomic E-state index is 11.1. The van der Waals surface area contributed by atoms with Gasteiger partial charge in [-0.3, -0.25) is 4.79 Å². The Hall–Kier alpha value is -1.26. The summed E-state index contributed by atoms with van der Waals surface area (Å²) in [6.45, 7) is 2.24. The number of primary amides is 2. The molecule has 0 saturated heterocycles. The van der Waals surface area contributed by atoms with E-state index in [9.17, 15) is 9.59 Å². The van der Waals surface area contributed by atoms with Gasteiger partial charge in [0, 0.05) is 0 Å². The fourth-order valence-corrected chi connectivity index (χ4v) is 2.47. The molecule has 1 atom stereocenters. The number of urea groups is 1. The number of unbranched alkanes of at least 4 members (excludes halogenated alkanes) is 10. The first-order valence-electron chi connectivity index (χ1n) is 8.43. The zero-order chi connectivity index (χ0) is 15.9. The Morgan fingerprint density at radius 2 is 1.24 bits per heavy atom. The number of nitrogens with two attached hydrogens (primary N) is 2. The second kappa shape index (κ2) is 13.7. The van der Waals surface area contributed by atoms with Crippen LogP contribution in [-0.4, -0.2) is 18.0 Å². The highest BCUT2D eigenvalue weighted by molar-refractivity contribution is 5.85. The number of rotatable bonds is 14. The fourth-order valence-electron chi connectivity index (χ4n) is 2.47. The number of carbonyl (C=O) groups excluding carboxylic acids is 2. The van der Waals surface area contributed by atoms with Crippen molar-refractivity contribution in [2.75, 3.05) is 0 Å². The molecule has 0 aliphatic heterocycles. The molecule has 0 radical (unpaired) electrons. The molecule has 5 heteroatoms. The van der Waals surface area contributed by atoms with E-state index in [0.29, 0.717) is 6.42 Å². The first-order chi connectivity index (χ1) is 10.1. The van der Waals surface area contributed by atoms with Gasteiger partial charge in [0.25, 0.3) is 0 Å². The molecule has 0 fully saturated rings. The van der Waals surface area contributed by atoms with Gasteiger partial charge < -0.3 is 16.8 Å². The summed E-state index contributed by atoms with van der Waals surface area (Å²) in [4.78, 5) is 21.8. The van der Waals surface area contributed by atoms with E-state index < -0.39 is 18.0 Å². The van der Waals surface area contributed by atoms with Crippen molar-refractivity contribution in [1.29, 1.82) is 0 Å². The quantitative estimate of drug-likeness (QED) is 0.429. The van der Waals surface area contributed by atoms with Crippen molar-refractivity contribution >= 4 is 11.9 Å². The third-order valence-electron chi connectivity index (χ3n) is 3.76. The highest BCUT2D eigenvalue weighted by Crippen LogP contribution is 2.12. The molecule has 1 unspecified atom stereocenters. The Morgan fingerprint density at radius 1 is 0.810 bits per heavy atom. The van der Waals surface area contributed by atoms with E-state index in [1.807, 2.05) is 0 Å². The molecule has 0 saturated carbocycles. The predicted octanol–water partition coefficient (Wildman–Crippen LogP) is 3.21. The lowest BCUT2D eigenvalue weighted by Gasteiger charge is -2.13. The van der Waals surface area contributed by atoms with Crippen LogP contribution >= 0.6 is 0 Å². The van der Waals surface area contributed by atoms with Crippen LogP contribution in [0.3, 0.4) is 0 Å². The minimum Gasteiger partial charge on any atom is -0.368 e. The molecule has 0 bridgehead atoms. The van der Waals surface area contributed by atoms with Crippen LogP contribution in [0.4, 0.5) is 4.79 Å². The van der Waals surface area contributed by atoms with E-state index in [4.69, 9.17) is 11.5 Å². The number of hydrogen-bond acceptors (Lipinski definition) is 2. The van der Waals surface area contributed by atoms with E-state index in [1.54, 1.807) is 0 Å². The standard InChI is InChI=1S/C16H33N3O2/c1-2-3-4-5-6-7-8-9-10-11-12-13-14(15(17)20)19-16(18)21/h14H,2-13H2,1H3,(H2,17,20)(H3,18,19,21). The number of hydrogen-bond donors (Lipinski definition) is 3. The minimum atomic E-state index is -0.693. The van der Waals surface area contributed by atoms with Gasteiger partial charge in [-0.1, -0.05) is 77.6 Å². The van der Waals surface area contributed by atoms with Crippen molar-refractivity contribution < 1.29 is 9.59 Å². The average Bonchev–Trinajstić information content (AvgIpc) is 2.42. The van der Waals surface area contributed by atoms with E-state index in [1.165, 1.54) is 57.8 Å². The summed E-state index contributed by atoms with van der Waals surface area (Å²) < 4.78 is 0. The van der Waals surface area contributed by atoms with Crippen LogP contribution in [0.25, 0.3) is 0 Å². The first kappa shape index (κ1) is 19.7. The van der Waals surface area contributed by atoms with E-state index in [-0.39, 0.29) is 0 Å². The fraction of sp³-hybridized carbons (Fsp3) is 0.875. The highest BCUT2D eigenvalue weighted by Gasteiger charge is 2.15. The van der Waals surface area contributed by atoms with E-state index >= 15 is 0 Å². The van der Waals surface area contributed by atoms with Crippen molar-refractivity contribution in [3.05, 3.63) is 0 Å². The van der Waals surface area contributed by atoms with Crippen LogP contribution in [0.15, 0.2) is 0 Å². The summed E-state index contributed by atoms with van der Waals surface area (Å²) in [6.07, 6.45) is 14.4. The molecule has 0 aromatic rings. The zero-order valence-electron chi connectivity index (χ0n) is 13.5. The minimum absolute atomic E-state index is 0.513. The SMILES string of the molecule is CCCCCCCCCCCCCC(NC(N)=O)C(N)=O. The summed E-state index contributed by atoms with van der Waals surface area (Å²) in [5.41, 5.74) is 10.2. The highest BCUT2D eigenvalue weighted by atomic mass is 16.2. The number of amides is 3. The van der Waals surface area contributed by atoms with Gasteiger partial charge in [0.05, 0.1) is 0 Å². The van der Waals surface area contributed by atoms with Gasteiger partial charge in [-0.05, 0) is 6.42 Å². The Balaban J connectivity index is 3.38. The lowest BCUT2D eigenvalue weighted by molar-refractivity contribution is -0.119. The third-order valence-corrected chi connectivity index (χ3v) is 3.76. The van der Waals surface area contributed by atoms with E-state index in [0.717, 1.165) is 12.8 Å². The van der Waals surface area contributed by atoms with Crippen molar-refractivity contribution in [3.63, 3.8) is 0 Å². The van der Waals surface area contributed by atoms with Gasteiger partial charge in [-0.15, -0.1) is 0 Å². The maximum Gasteiger partial charge on any atom is 0.312 e. The van der Waals surface area contributed by atoms with Crippen LogP contribution in [0.5, 0.6) is 0 Å². The molecule has 124 valence electrons. The zero-order valence-corrected chi connectivity index (χ0v) is 13.5. The van der Waals surface area contributed by atoms with Gasteiger partial charge >= 0.3 is 6.03 Å². The van der Waals surface area contributed by atoms with Gasteiger partial charge in [0.2, 0.25) is 5.91 Å². The lowest BCUT2D eigenvalue weighted by atomic mass is 10.0. The normalized spacial score (nSPS) is 12.0. The number of carbonyl (C=O) groups is 2. The van der Waals surface area contributed by atoms with Crippen LogP contribution in [0.2, 0.25) is 0 Å². The molecule has 0 aromatic heterocycles. The second-order valence-electron chi connectivity index (χ2n) is 5.79. The van der Waals surface area contributed by atoms with Crippen molar-refractivity contribution in [2.45, 2.75) is 90.0 Å². The van der Waals surface area contributed by atoms with Gasteiger partial charge in [0.15, 0.2) is 0 Å². The summed E-state index contributed by atoms with van der Waals surface area (Å²) in [7, 11) is 0. The molecule has 0 heterocycles.